The number of hydrogen-bond acceptors (Lipinski definition) is 0. The lowest BCUT2D eigenvalue weighted by Gasteiger charge is -2.16. The van der Waals surface area contributed by atoms with Crippen LogP contribution in [0.2, 0.25) is 0 Å². The Bertz CT molecular complexity index is 86.0. The summed E-state index contributed by atoms with van der Waals surface area (Å²) in [6.07, 6.45) is 8.83. The molecule has 0 radical (unpaired) electrons. The van der Waals surface area contributed by atoms with Crippen LogP contribution in [-0.4, -0.2) is 0 Å². The van der Waals surface area contributed by atoms with E-state index in [1.165, 1.54) is 38.5 Å². The molecule has 0 nitrogen and oxygen atoms in total. The standard InChI is InChI=1S/C10H20.C2H6/c1-3-6-10-8-5-7-9(10)4-2;1-2/h9-10H,3-8H2,1-2H3;1-2H3. The highest BCUT2D eigenvalue weighted by Crippen LogP contribution is 2.36. The third-order valence-corrected chi connectivity index (χ3v) is 3.00. The van der Waals surface area contributed by atoms with Crippen LogP contribution < -0.4 is 0 Å². The molecule has 1 fully saturated rings. The first-order chi connectivity index (χ1) is 5.88. The van der Waals surface area contributed by atoms with Crippen LogP contribution in [0.4, 0.5) is 0 Å². The molecular formula is C12H26. The molecule has 2 unspecified atom stereocenters. The second-order valence-corrected chi connectivity index (χ2v) is 3.65. The van der Waals surface area contributed by atoms with E-state index in [1.54, 1.807) is 0 Å². The maximum atomic E-state index is 2.35. The summed E-state index contributed by atoms with van der Waals surface area (Å²) in [5.74, 6) is 2.18. The van der Waals surface area contributed by atoms with Crippen LogP contribution in [-0.2, 0) is 0 Å². The van der Waals surface area contributed by atoms with E-state index in [-0.39, 0.29) is 0 Å². The summed E-state index contributed by atoms with van der Waals surface area (Å²) >= 11 is 0. The van der Waals surface area contributed by atoms with E-state index in [9.17, 15) is 0 Å². The van der Waals surface area contributed by atoms with Gasteiger partial charge in [0.2, 0.25) is 0 Å². The smallest absolute Gasteiger partial charge is 0.0386 e. The van der Waals surface area contributed by atoms with Crippen molar-refractivity contribution in [1.29, 1.82) is 0 Å². The molecule has 0 aliphatic heterocycles. The fourth-order valence-electron chi connectivity index (χ4n) is 2.40. The predicted octanol–water partition coefficient (Wildman–Crippen LogP) is 4.64. The van der Waals surface area contributed by atoms with Gasteiger partial charge in [0.05, 0.1) is 0 Å². The number of hydrogen-bond donors (Lipinski definition) is 0. The molecule has 1 aliphatic carbocycles. The molecule has 0 heteroatoms. The van der Waals surface area contributed by atoms with Gasteiger partial charge in [0.1, 0.15) is 0 Å². The molecule has 0 N–H and O–H groups in total. The highest BCUT2D eigenvalue weighted by Gasteiger charge is 2.24. The van der Waals surface area contributed by atoms with Gasteiger partial charge in [-0.25, -0.2) is 0 Å². The first kappa shape index (κ1) is 12.0. The molecule has 0 saturated heterocycles. The fraction of sp³-hybridized carbons (Fsp3) is 1.00. The second kappa shape index (κ2) is 7.64. The van der Waals surface area contributed by atoms with E-state index in [2.05, 4.69) is 13.8 Å². The Morgan fingerprint density at radius 2 is 1.58 bits per heavy atom. The summed E-state index contributed by atoms with van der Waals surface area (Å²) < 4.78 is 0. The second-order valence-electron chi connectivity index (χ2n) is 3.65. The molecule has 0 amide bonds. The minimum absolute atomic E-state index is 1.08. The zero-order valence-electron chi connectivity index (χ0n) is 9.40. The molecule has 0 bridgehead atoms. The Morgan fingerprint density at radius 3 is 2.08 bits per heavy atom. The Balaban J connectivity index is 0.000000561. The van der Waals surface area contributed by atoms with Gasteiger partial charge >= 0.3 is 0 Å². The molecule has 1 saturated carbocycles. The van der Waals surface area contributed by atoms with Gasteiger partial charge in [-0.3, -0.25) is 0 Å². The maximum absolute atomic E-state index is 2.35. The van der Waals surface area contributed by atoms with Crippen molar-refractivity contribution in [3.05, 3.63) is 0 Å². The van der Waals surface area contributed by atoms with E-state index < -0.39 is 0 Å². The fourth-order valence-corrected chi connectivity index (χ4v) is 2.40. The Labute approximate surface area is 78.8 Å². The first-order valence-electron chi connectivity index (χ1n) is 5.88. The van der Waals surface area contributed by atoms with Crippen LogP contribution in [0.5, 0.6) is 0 Å². The molecule has 0 aromatic carbocycles. The normalized spacial score (nSPS) is 28.0. The summed E-state index contributed by atoms with van der Waals surface area (Å²) in [5, 5.41) is 0. The van der Waals surface area contributed by atoms with Crippen molar-refractivity contribution in [2.75, 3.05) is 0 Å². The molecular weight excluding hydrogens is 144 g/mol. The third kappa shape index (κ3) is 3.60. The van der Waals surface area contributed by atoms with E-state index in [0.29, 0.717) is 0 Å². The highest BCUT2D eigenvalue weighted by atomic mass is 14.3. The molecule has 1 rings (SSSR count). The van der Waals surface area contributed by atoms with Crippen LogP contribution >= 0.6 is 0 Å². The minimum atomic E-state index is 1.08. The van der Waals surface area contributed by atoms with Crippen molar-refractivity contribution in [2.45, 2.75) is 66.2 Å². The highest BCUT2D eigenvalue weighted by molar-refractivity contribution is 4.75. The van der Waals surface area contributed by atoms with Crippen molar-refractivity contribution in [2.24, 2.45) is 11.8 Å². The van der Waals surface area contributed by atoms with Gasteiger partial charge in [-0.2, -0.15) is 0 Å². The molecule has 0 spiro atoms. The lowest BCUT2D eigenvalue weighted by Crippen LogP contribution is -2.05. The van der Waals surface area contributed by atoms with Gasteiger partial charge in [-0.1, -0.05) is 66.2 Å². The largest absolute Gasteiger partial charge is 0.0683 e. The Kier molecular flexibility index (Phi) is 7.64. The molecule has 0 heterocycles. The van der Waals surface area contributed by atoms with Crippen LogP contribution in [0, 0.1) is 11.8 Å². The third-order valence-electron chi connectivity index (χ3n) is 3.00. The lowest BCUT2D eigenvalue weighted by atomic mass is 9.90. The SMILES string of the molecule is CC.CCCC1CCCC1CC. The number of rotatable bonds is 3. The van der Waals surface area contributed by atoms with Crippen molar-refractivity contribution >= 4 is 0 Å². The van der Waals surface area contributed by atoms with E-state index in [4.69, 9.17) is 0 Å². The Hall–Kier alpha value is 0. The van der Waals surface area contributed by atoms with Crippen LogP contribution in [0.15, 0.2) is 0 Å². The molecule has 74 valence electrons. The zero-order valence-corrected chi connectivity index (χ0v) is 9.40. The van der Waals surface area contributed by atoms with Crippen LogP contribution in [0.3, 0.4) is 0 Å². The van der Waals surface area contributed by atoms with Crippen LogP contribution in [0.1, 0.15) is 66.2 Å². The van der Waals surface area contributed by atoms with Crippen molar-refractivity contribution < 1.29 is 0 Å². The average molecular weight is 170 g/mol. The monoisotopic (exact) mass is 170 g/mol. The average Bonchev–Trinajstić information content (AvgIpc) is 2.56. The van der Waals surface area contributed by atoms with Gasteiger partial charge in [-0.05, 0) is 11.8 Å². The zero-order chi connectivity index (χ0) is 9.40. The lowest BCUT2D eigenvalue weighted by molar-refractivity contribution is 0.352. The summed E-state index contributed by atoms with van der Waals surface area (Å²) in [7, 11) is 0. The molecule has 2 atom stereocenters. The van der Waals surface area contributed by atoms with Gasteiger partial charge < -0.3 is 0 Å². The van der Waals surface area contributed by atoms with Crippen molar-refractivity contribution in [3.8, 4) is 0 Å². The summed E-state index contributed by atoms with van der Waals surface area (Å²) in [6, 6.07) is 0. The van der Waals surface area contributed by atoms with Gasteiger partial charge in [0.25, 0.3) is 0 Å². The van der Waals surface area contributed by atoms with E-state index in [0.717, 1.165) is 11.8 Å². The minimum Gasteiger partial charge on any atom is -0.0683 e. The van der Waals surface area contributed by atoms with E-state index in [1.807, 2.05) is 13.8 Å². The van der Waals surface area contributed by atoms with Gasteiger partial charge in [0.15, 0.2) is 0 Å². The molecule has 0 aromatic heterocycles. The van der Waals surface area contributed by atoms with Crippen LogP contribution in [0.25, 0.3) is 0 Å². The summed E-state index contributed by atoms with van der Waals surface area (Å²) in [6.45, 7) is 8.66. The molecule has 1 aliphatic rings. The Morgan fingerprint density at radius 1 is 1.00 bits per heavy atom. The van der Waals surface area contributed by atoms with E-state index >= 15 is 0 Å². The summed E-state index contributed by atoms with van der Waals surface area (Å²) in [4.78, 5) is 0. The first-order valence-corrected chi connectivity index (χ1v) is 5.88. The van der Waals surface area contributed by atoms with Crippen molar-refractivity contribution in [3.63, 3.8) is 0 Å². The van der Waals surface area contributed by atoms with Gasteiger partial charge in [-0.15, -0.1) is 0 Å². The van der Waals surface area contributed by atoms with Gasteiger partial charge in [0, 0.05) is 0 Å². The predicted molar refractivity (Wildman–Crippen MR) is 57.4 cm³/mol. The quantitative estimate of drug-likeness (QED) is 0.579. The van der Waals surface area contributed by atoms with Crippen molar-refractivity contribution in [1.82, 2.24) is 0 Å². The maximum Gasteiger partial charge on any atom is -0.0386 e. The topological polar surface area (TPSA) is 0 Å². The molecule has 12 heavy (non-hydrogen) atoms. The molecule has 0 aromatic rings. The summed E-state index contributed by atoms with van der Waals surface area (Å²) in [5.41, 5.74) is 0.